The number of hydrogen-bond acceptors (Lipinski definition) is 4. The summed E-state index contributed by atoms with van der Waals surface area (Å²) in [7, 11) is 0. The standard InChI is InChI=1S/C16H20N4O/c1-3-18-16(21)15-9-13(7-8-19-15)20-10-12-5-4-6-14(17)11(12)2/h4-9H,3,10,17H2,1-2H3,(H,18,21)(H,19,20). The van der Waals surface area contributed by atoms with E-state index in [4.69, 9.17) is 5.73 Å². The minimum Gasteiger partial charge on any atom is -0.399 e. The van der Waals surface area contributed by atoms with Crippen molar-refractivity contribution < 1.29 is 4.79 Å². The molecule has 1 aromatic carbocycles. The highest BCUT2D eigenvalue weighted by molar-refractivity contribution is 5.93. The Morgan fingerprint density at radius 1 is 1.33 bits per heavy atom. The van der Waals surface area contributed by atoms with Crippen LogP contribution < -0.4 is 16.4 Å². The van der Waals surface area contributed by atoms with E-state index in [-0.39, 0.29) is 5.91 Å². The van der Waals surface area contributed by atoms with Crippen LogP contribution in [0.5, 0.6) is 0 Å². The van der Waals surface area contributed by atoms with Crippen LogP contribution in [-0.4, -0.2) is 17.4 Å². The quantitative estimate of drug-likeness (QED) is 0.736. The number of hydrogen-bond donors (Lipinski definition) is 3. The number of carbonyl (C=O) groups is 1. The first-order valence-electron chi connectivity index (χ1n) is 6.94. The maximum Gasteiger partial charge on any atom is 0.269 e. The zero-order valence-corrected chi connectivity index (χ0v) is 12.3. The Labute approximate surface area is 124 Å². The van der Waals surface area contributed by atoms with Gasteiger partial charge in [0.2, 0.25) is 0 Å². The molecular formula is C16H20N4O. The number of nitrogens with zero attached hydrogens (tertiary/aromatic N) is 1. The van der Waals surface area contributed by atoms with Crippen LogP contribution in [0.25, 0.3) is 0 Å². The van der Waals surface area contributed by atoms with Gasteiger partial charge in [-0.3, -0.25) is 9.78 Å². The summed E-state index contributed by atoms with van der Waals surface area (Å²) in [6.45, 7) is 5.11. The third kappa shape index (κ3) is 3.72. The van der Waals surface area contributed by atoms with Crippen LogP contribution in [0.4, 0.5) is 11.4 Å². The van der Waals surface area contributed by atoms with Crippen LogP contribution in [0.15, 0.2) is 36.5 Å². The summed E-state index contributed by atoms with van der Waals surface area (Å²) >= 11 is 0. The van der Waals surface area contributed by atoms with Gasteiger partial charge in [-0.15, -0.1) is 0 Å². The summed E-state index contributed by atoms with van der Waals surface area (Å²) in [4.78, 5) is 15.8. The third-order valence-electron chi connectivity index (χ3n) is 3.30. The largest absolute Gasteiger partial charge is 0.399 e. The van der Waals surface area contributed by atoms with Gasteiger partial charge in [0.25, 0.3) is 5.91 Å². The van der Waals surface area contributed by atoms with E-state index in [1.807, 2.05) is 38.1 Å². The zero-order valence-electron chi connectivity index (χ0n) is 12.3. The molecule has 0 bridgehead atoms. The molecule has 4 N–H and O–H groups in total. The Bertz CT molecular complexity index is 640. The van der Waals surface area contributed by atoms with Crippen LogP contribution >= 0.6 is 0 Å². The Morgan fingerprint density at radius 2 is 2.14 bits per heavy atom. The minimum absolute atomic E-state index is 0.165. The normalized spacial score (nSPS) is 10.2. The number of nitrogens with two attached hydrogens (primary N) is 1. The van der Waals surface area contributed by atoms with Crippen LogP contribution in [0.2, 0.25) is 0 Å². The van der Waals surface area contributed by atoms with Gasteiger partial charge in [-0.2, -0.15) is 0 Å². The molecule has 0 aliphatic carbocycles. The van der Waals surface area contributed by atoms with Gasteiger partial charge in [0.1, 0.15) is 5.69 Å². The lowest BCUT2D eigenvalue weighted by Gasteiger charge is -2.11. The van der Waals surface area contributed by atoms with E-state index >= 15 is 0 Å². The van der Waals surface area contributed by atoms with Gasteiger partial charge in [0.15, 0.2) is 0 Å². The van der Waals surface area contributed by atoms with Gasteiger partial charge < -0.3 is 16.4 Å². The van der Waals surface area contributed by atoms with Crippen molar-refractivity contribution in [1.82, 2.24) is 10.3 Å². The number of carbonyl (C=O) groups excluding carboxylic acids is 1. The van der Waals surface area contributed by atoms with Crippen molar-refractivity contribution in [1.29, 1.82) is 0 Å². The third-order valence-corrected chi connectivity index (χ3v) is 3.30. The smallest absolute Gasteiger partial charge is 0.269 e. The predicted molar refractivity (Wildman–Crippen MR) is 85.2 cm³/mol. The fourth-order valence-electron chi connectivity index (χ4n) is 2.01. The number of pyridine rings is 1. The summed E-state index contributed by atoms with van der Waals surface area (Å²) < 4.78 is 0. The molecule has 1 aromatic heterocycles. The van der Waals surface area contributed by atoms with Gasteiger partial charge in [0, 0.05) is 30.7 Å². The first-order chi connectivity index (χ1) is 10.1. The molecule has 21 heavy (non-hydrogen) atoms. The van der Waals surface area contributed by atoms with Crippen LogP contribution in [0.3, 0.4) is 0 Å². The van der Waals surface area contributed by atoms with Crippen molar-refractivity contribution in [3.05, 3.63) is 53.3 Å². The van der Waals surface area contributed by atoms with E-state index in [0.717, 1.165) is 22.5 Å². The van der Waals surface area contributed by atoms with Gasteiger partial charge in [0.05, 0.1) is 0 Å². The zero-order chi connectivity index (χ0) is 15.2. The van der Waals surface area contributed by atoms with E-state index in [2.05, 4.69) is 15.6 Å². The lowest BCUT2D eigenvalue weighted by molar-refractivity contribution is 0.0951. The second kappa shape index (κ2) is 6.74. The fourth-order valence-corrected chi connectivity index (χ4v) is 2.01. The lowest BCUT2D eigenvalue weighted by atomic mass is 10.1. The topological polar surface area (TPSA) is 80.0 Å². The Balaban J connectivity index is 2.08. The molecule has 0 atom stereocenters. The molecule has 5 nitrogen and oxygen atoms in total. The molecule has 5 heteroatoms. The molecular weight excluding hydrogens is 264 g/mol. The summed E-state index contributed by atoms with van der Waals surface area (Å²) in [5.74, 6) is -0.165. The average Bonchev–Trinajstić information content (AvgIpc) is 2.49. The predicted octanol–water partition coefficient (Wildman–Crippen LogP) is 2.33. The van der Waals surface area contributed by atoms with Crippen molar-refractivity contribution >= 4 is 17.3 Å². The van der Waals surface area contributed by atoms with Crippen molar-refractivity contribution in [3.8, 4) is 0 Å². The first-order valence-corrected chi connectivity index (χ1v) is 6.94. The number of nitrogen functional groups attached to an aromatic ring is 1. The van der Waals surface area contributed by atoms with Gasteiger partial charge in [-0.05, 0) is 43.2 Å². The number of benzene rings is 1. The Hall–Kier alpha value is -2.56. The lowest BCUT2D eigenvalue weighted by Crippen LogP contribution is -2.23. The maximum absolute atomic E-state index is 11.8. The van der Waals surface area contributed by atoms with E-state index < -0.39 is 0 Å². The van der Waals surface area contributed by atoms with Gasteiger partial charge in [-0.1, -0.05) is 12.1 Å². The molecule has 0 fully saturated rings. The Morgan fingerprint density at radius 3 is 2.90 bits per heavy atom. The fraction of sp³-hybridized carbons (Fsp3) is 0.250. The number of rotatable bonds is 5. The molecule has 0 aliphatic heterocycles. The highest BCUT2D eigenvalue weighted by Crippen LogP contribution is 2.17. The highest BCUT2D eigenvalue weighted by atomic mass is 16.1. The van der Waals surface area contributed by atoms with Gasteiger partial charge in [-0.25, -0.2) is 0 Å². The molecule has 0 spiro atoms. The summed E-state index contributed by atoms with van der Waals surface area (Å²) in [6.07, 6.45) is 1.62. The first kappa shape index (κ1) is 14.8. The van der Waals surface area contributed by atoms with Crippen LogP contribution in [-0.2, 0) is 6.54 Å². The molecule has 2 rings (SSSR count). The molecule has 1 heterocycles. The van der Waals surface area contributed by atoms with Crippen molar-refractivity contribution in [2.24, 2.45) is 0 Å². The molecule has 0 aliphatic rings. The maximum atomic E-state index is 11.8. The van der Waals surface area contributed by atoms with E-state index in [9.17, 15) is 4.79 Å². The Kier molecular flexibility index (Phi) is 4.77. The summed E-state index contributed by atoms with van der Waals surface area (Å²) in [6, 6.07) is 9.44. The summed E-state index contributed by atoms with van der Waals surface area (Å²) in [5.41, 5.74) is 10.1. The molecule has 1 amide bonds. The molecule has 0 unspecified atom stereocenters. The van der Waals surface area contributed by atoms with E-state index in [0.29, 0.717) is 18.8 Å². The number of amides is 1. The monoisotopic (exact) mass is 284 g/mol. The molecule has 0 saturated heterocycles. The molecule has 0 radical (unpaired) electrons. The number of aromatic nitrogens is 1. The van der Waals surface area contributed by atoms with Crippen molar-refractivity contribution in [2.75, 3.05) is 17.6 Å². The number of nitrogens with one attached hydrogen (secondary N) is 2. The van der Waals surface area contributed by atoms with Crippen molar-refractivity contribution in [3.63, 3.8) is 0 Å². The van der Waals surface area contributed by atoms with Gasteiger partial charge >= 0.3 is 0 Å². The second-order valence-electron chi connectivity index (χ2n) is 4.77. The van der Waals surface area contributed by atoms with Crippen molar-refractivity contribution in [2.45, 2.75) is 20.4 Å². The SMILES string of the molecule is CCNC(=O)c1cc(NCc2cccc(N)c2C)ccn1. The molecule has 110 valence electrons. The van der Waals surface area contributed by atoms with E-state index in [1.54, 1.807) is 12.3 Å². The average molecular weight is 284 g/mol. The minimum atomic E-state index is -0.165. The van der Waals surface area contributed by atoms with E-state index in [1.165, 1.54) is 0 Å². The summed E-state index contributed by atoms with van der Waals surface area (Å²) in [5, 5.41) is 6.02. The number of anilines is 2. The highest BCUT2D eigenvalue weighted by Gasteiger charge is 2.07. The second-order valence-corrected chi connectivity index (χ2v) is 4.77. The van der Waals surface area contributed by atoms with Crippen LogP contribution in [0.1, 0.15) is 28.5 Å². The molecule has 2 aromatic rings. The van der Waals surface area contributed by atoms with Crippen LogP contribution in [0, 0.1) is 6.92 Å². The molecule has 0 saturated carbocycles.